The largest absolute Gasteiger partial charge is 0.309 e. The predicted molar refractivity (Wildman–Crippen MR) is 634 cm³/mol. The Balaban J connectivity index is 0.000000108. The zero-order valence-corrected chi connectivity index (χ0v) is 82.1. The molecule has 150 heavy (non-hydrogen) atoms. The van der Waals surface area contributed by atoms with Crippen LogP contribution in [-0.2, 0) is 0 Å². The van der Waals surface area contributed by atoms with Gasteiger partial charge in [-0.15, -0.1) is 0 Å². The maximum atomic E-state index is 2.45. The standard InChI is InChI=1S/3C48H32N2/c1-4-15-33(16-5-1)36-29-37(34-17-6-2-7-18-34)31-39(30-36)50-45-25-13-11-22-42(45)48-40(23-14-26-47(48)50)35-27-28-46-43(32-35)41-21-10-12-24-44(41)49(46)38-19-8-3-9-20-38;1-3-14-33(15-4-1)36-30-37(34-16-5-2-6-17-34)32-39(31-36)50-46-24-12-9-20-43(46)48-40(21-13-25-47(48)50)35-26-28-38(29-27-35)49-44-22-10-7-18-41(44)42-19-8-11-23-45(42)49;1-3-13-33(14-4-1)37-29-38(34-15-5-2-6-16-34)31-40(30-37)50-47-22-12-9-19-43(47)44-32-36(25-28-48(44)50)35-23-26-39(27-24-35)49-45-20-10-7-17-41(45)42-18-8-11-21-46(42)49/h3*1-32H. The minimum Gasteiger partial charge on any atom is -0.309 e. The molecule has 0 spiro atoms. The van der Waals surface area contributed by atoms with Gasteiger partial charge in [0.15, 0.2) is 0 Å². The maximum Gasteiger partial charge on any atom is 0.0547 e. The van der Waals surface area contributed by atoms with E-state index < -0.39 is 0 Å². The molecule has 0 bridgehead atoms. The number of fused-ring (bicyclic) bond motifs is 18. The van der Waals surface area contributed by atoms with Gasteiger partial charge in [0.2, 0.25) is 0 Å². The summed E-state index contributed by atoms with van der Waals surface area (Å²) in [6.07, 6.45) is 0. The first-order chi connectivity index (χ1) is 74.4. The lowest BCUT2D eigenvalue weighted by Gasteiger charge is -2.14. The second-order valence-electron chi connectivity index (χ2n) is 38.9. The minimum absolute atomic E-state index is 1.15. The highest BCUT2D eigenvalue weighted by Gasteiger charge is 2.25. The Hall–Kier alpha value is -19.9. The Kier molecular flexibility index (Phi) is 21.9. The van der Waals surface area contributed by atoms with Crippen molar-refractivity contribution in [3.05, 3.63) is 582 Å². The zero-order valence-electron chi connectivity index (χ0n) is 82.1. The number of rotatable bonds is 15. The summed E-state index contributed by atoms with van der Waals surface area (Å²) in [4.78, 5) is 0. The van der Waals surface area contributed by atoms with Crippen molar-refractivity contribution in [1.29, 1.82) is 0 Å². The Morgan fingerprint density at radius 3 is 0.587 bits per heavy atom. The average molecular weight is 1910 g/mol. The Morgan fingerprint density at radius 2 is 0.280 bits per heavy atom. The van der Waals surface area contributed by atoms with Gasteiger partial charge in [0, 0.05) is 98.8 Å². The van der Waals surface area contributed by atoms with Crippen LogP contribution in [0.2, 0.25) is 0 Å². The van der Waals surface area contributed by atoms with Crippen molar-refractivity contribution in [2.24, 2.45) is 0 Å². The molecule has 24 aromatic carbocycles. The van der Waals surface area contributed by atoms with E-state index in [1.807, 2.05) is 0 Å². The second kappa shape index (κ2) is 37.4. The molecule has 0 radical (unpaired) electrons. The van der Waals surface area contributed by atoms with Crippen LogP contribution in [0, 0.1) is 0 Å². The third-order valence-electron chi connectivity index (χ3n) is 30.3. The molecule has 6 aromatic heterocycles. The number of hydrogen-bond acceptors (Lipinski definition) is 0. The fraction of sp³-hybridized carbons (Fsp3) is 0. The van der Waals surface area contributed by atoms with Crippen LogP contribution < -0.4 is 0 Å². The average Bonchev–Trinajstić information content (AvgIpc) is 1.60. The summed E-state index contributed by atoms with van der Waals surface area (Å²) in [5.41, 5.74) is 43.1. The topological polar surface area (TPSA) is 29.6 Å². The van der Waals surface area contributed by atoms with Crippen LogP contribution >= 0.6 is 0 Å². The molecule has 0 aliphatic carbocycles. The highest BCUT2D eigenvalue weighted by Crippen LogP contribution is 2.48. The summed E-state index contributed by atoms with van der Waals surface area (Å²) in [5, 5.41) is 15.1. The fourth-order valence-corrected chi connectivity index (χ4v) is 23.5. The van der Waals surface area contributed by atoms with Crippen molar-refractivity contribution >= 4 is 131 Å². The highest BCUT2D eigenvalue weighted by molar-refractivity contribution is 6.20. The summed E-state index contributed by atoms with van der Waals surface area (Å²) < 4.78 is 14.5. The molecule has 0 unspecified atom stereocenters. The van der Waals surface area contributed by atoms with Crippen LogP contribution in [0.25, 0.3) is 265 Å². The van der Waals surface area contributed by atoms with E-state index in [1.165, 1.54) is 237 Å². The molecule has 6 nitrogen and oxygen atoms in total. The fourth-order valence-electron chi connectivity index (χ4n) is 23.5. The summed E-state index contributed by atoms with van der Waals surface area (Å²) >= 11 is 0. The Morgan fingerprint density at radius 1 is 0.0867 bits per heavy atom. The predicted octanol–water partition coefficient (Wildman–Crippen LogP) is 38.6. The van der Waals surface area contributed by atoms with E-state index in [0.717, 1.165) is 28.4 Å². The maximum absolute atomic E-state index is 2.45. The molecule has 702 valence electrons. The molecule has 0 aliphatic rings. The molecule has 0 saturated heterocycles. The molecule has 30 rings (SSSR count). The first-order valence-corrected chi connectivity index (χ1v) is 51.6. The summed E-state index contributed by atoms with van der Waals surface area (Å²) in [5.74, 6) is 0. The molecule has 0 amide bonds. The normalized spacial score (nSPS) is 11.6. The van der Waals surface area contributed by atoms with Crippen LogP contribution in [0.4, 0.5) is 0 Å². The minimum atomic E-state index is 1.15. The van der Waals surface area contributed by atoms with Gasteiger partial charge in [0.05, 0.1) is 66.2 Å². The molecule has 0 saturated carbocycles. The first kappa shape index (κ1) is 87.8. The Bertz CT molecular complexity index is 10100. The Labute approximate surface area is 868 Å². The smallest absolute Gasteiger partial charge is 0.0547 e. The van der Waals surface area contributed by atoms with Crippen LogP contribution in [0.15, 0.2) is 582 Å². The van der Waals surface area contributed by atoms with Crippen molar-refractivity contribution < 1.29 is 0 Å². The van der Waals surface area contributed by atoms with Gasteiger partial charge >= 0.3 is 0 Å². The molecule has 0 aliphatic heterocycles. The van der Waals surface area contributed by atoms with Gasteiger partial charge < -0.3 is 27.4 Å². The highest BCUT2D eigenvalue weighted by atomic mass is 15.0. The van der Waals surface area contributed by atoms with E-state index in [1.54, 1.807) is 0 Å². The van der Waals surface area contributed by atoms with Gasteiger partial charge in [0.1, 0.15) is 0 Å². The van der Waals surface area contributed by atoms with Crippen LogP contribution in [-0.4, -0.2) is 27.4 Å². The number of nitrogens with zero attached hydrogens (tertiary/aromatic N) is 6. The first-order valence-electron chi connectivity index (χ1n) is 51.6. The lowest BCUT2D eigenvalue weighted by Crippen LogP contribution is -1.96. The molecule has 0 atom stereocenters. The van der Waals surface area contributed by atoms with Gasteiger partial charge in [-0.3, -0.25) is 0 Å². The van der Waals surface area contributed by atoms with Gasteiger partial charge in [-0.25, -0.2) is 0 Å². The van der Waals surface area contributed by atoms with E-state index in [0.29, 0.717) is 0 Å². The molecule has 6 heteroatoms. The van der Waals surface area contributed by atoms with Gasteiger partial charge in [0.25, 0.3) is 0 Å². The molecular formula is C144H96N6. The van der Waals surface area contributed by atoms with Crippen LogP contribution in [0.5, 0.6) is 0 Å². The van der Waals surface area contributed by atoms with E-state index >= 15 is 0 Å². The monoisotopic (exact) mass is 1910 g/mol. The van der Waals surface area contributed by atoms with Gasteiger partial charge in [-0.05, 0) is 276 Å². The third-order valence-corrected chi connectivity index (χ3v) is 30.3. The van der Waals surface area contributed by atoms with E-state index in [-0.39, 0.29) is 0 Å². The summed E-state index contributed by atoms with van der Waals surface area (Å²) in [6.45, 7) is 0. The van der Waals surface area contributed by atoms with Crippen molar-refractivity contribution in [3.63, 3.8) is 0 Å². The summed E-state index contributed by atoms with van der Waals surface area (Å²) in [7, 11) is 0. The molecule has 0 fully saturated rings. The van der Waals surface area contributed by atoms with Crippen molar-refractivity contribution in [2.45, 2.75) is 0 Å². The summed E-state index contributed by atoms with van der Waals surface area (Å²) in [6, 6.07) is 211. The van der Waals surface area contributed by atoms with E-state index in [9.17, 15) is 0 Å². The van der Waals surface area contributed by atoms with Crippen LogP contribution in [0.1, 0.15) is 0 Å². The molecular weight excluding hydrogens is 1810 g/mol. The molecule has 30 aromatic rings. The molecule has 6 heterocycles. The lowest BCUT2D eigenvalue weighted by molar-refractivity contribution is 1.18. The quantitative estimate of drug-likeness (QED) is 0.0979. The van der Waals surface area contributed by atoms with E-state index in [4.69, 9.17) is 0 Å². The number of para-hydroxylation sites is 9. The van der Waals surface area contributed by atoms with E-state index in [2.05, 4.69) is 610 Å². The van der Waals surface area contributed by atoms with Gasteiger partial charge in [-0.2, -0.15) is 0 Å². The SMILES string of the molecule is c1ccc(-c2cc(-c3ccccc3)cc(-n3c4ccccc4c4c(-c5ccc(-n6c7ccccc7c7ccccc76)cc5)cccc43)c2)cc1.c1ccc(-c2cc(-c3ccccc3)cc(-n3c4ccccc4c4c(-c5ccc6c(c5)c5ccccc5n6-c5ccccc5)cccc43)c2)cc1.c1ccc(-c2cc(-c3ccccc3)cc(-n3c4ccccc4c4cc(-c5ccc(-n6c7ccccc7c7ccccc76)cc5)ccc43)c2)cc1. The zero-order chi connectivity index (χ0) is 99.1. The number of aromatic nitrogens is 6. The van der Waals surface area contributed by atoms with Crippen molar-refractivity contribution in [1.82, 2.24) is 27.4 Å². The lowest BCUT2D eigenvalue weighted by atomic mass is 9.97. The van der Waals surface area contributed by atoms with Crippen molar-refractivity contribution in [3.8, 4) is 134 Å². The third kappa shape index (κ3) is 15.4. The van der Waals surface area contributed by atoms with Crippen LogP contribution in [0.3, 0.4) is 0 Å². The number of benzene rings is 24. The van der Waals surface area contributed by atoms with Crippen molar-refractivity contribution in [2.75, 3.05) is 0 Å². The second-order valence-corrected chi connectivity index (χ2v) is 38.9. The number of hydrogen-bond donors (Lipinski definition) is 0. The molecule has 0 N–H and O–H groups in total. The van der Waals surface area contributed by atoms with Gasteiger partial charge in [-0.1, -0.05) is 406 Å².